The van der Waals surface area contributed by atoms with E-state index in [0.29, 0.717) is 25.7 Å². The van der Waals surface area contributed by atoms with Crippen molar-refractivity contribution in [2.75, 3.05) is 39.6 Å². The Morgan fingerprint density at radius 3 is 0.928 bits per heavy atom. The van der Waals surface area contributed by atoms with E-state index in [4.69, 9.17) is 37.0 Å². The Balaban J connectivity index is 5.25. The smallest absolute Gasteiger partial charge is 0.462 e. The predicted molar refractivity (Wildman–Crippen MR) is 395 cm³/mol. The molecule has 0 aliphatic rings. The molecule has 0 heterocycles. The fourth-order valence-corrected chi connectivity index (χ4v) is 13.0. The largest absolute Gasteiger partial charge is 0.472 e. The lowest BCUT2D eigenvalue weighted by Crippen LogP contribution is -2.30. The number of carbonyl (C=O) groups is 4. The van der Waals surface area contributed by atoms with Crippen molar-refractivity contribution in [1.29, 1.82) is 0 Å². The number of rotatable bonds is 75. The minimum atomic E-state index is -4.96. The molecule has 17 nitrogen and oxygen atoms in total. The highest BCUT2D eigenvalue weighted by molar-refractivity contribution is 7.47. The molecule has 0 amide bonds. The maximum atomic E-state index is 13.1. The lowest BCUT2D eigenvalue weighted by Gasteiger charge is -2.21. The van der Waals surface area contributed by atoms with Crippen LogP contribution in [0.2, 0.25) is 0 Å². The van der Waals surface area contributed by atoms with Gasteiger partial charge in [0.25, 0.3) is 0 Å². The first-order valence-electron chi connectivity index (χ1n) is 39.8. The van der Waals surface area contributed by atoms with Crippen LogP contribution in [0.4, 0.5) is 0 Å². The van der Waals surface area contributed by atoms with Crippen molar-refractivity contribution < 1.29 is 80.2 Å². The van der Waals surface area contributed by atoms with Crippen LogP contribution in [0.25, 0.3) is 0 Å². The summed E-state index contributed by atoms with van der Waals surface area (Å²) in [6.07, 6.45) is 60.4. The zero-order chi connectivity index (χ0) is 71.4. The Hall–Kier alpha value is -2.46. The first-order valence-corrected chi connectivity index (χ1v) is 42.8. The summed E-state index contributed by atoms with van der Waals surface area (Å²) in [5.74, 6) is -0.511. The molecule has 0 bridgehead atoms. The van der Waals surface area contributed by atoms with Crippen LogP contribution < -0.4 is 0 Å². The van der Waals surface area contributed by atoms with E-state index in [-0.39, 0.29) is 25.7 Å². The monoisotopic (exact) mass is 1420 g/mol. The maximum Gasteiger partial charge on any atom is 0.472 e. The number of unbranched alkanes of at least 4 members (excludes halogenated alkanes) is 41. The van der Waals surface area contributed by atoms with E-state index >= 15 is 0 Å². The number of hydrogen-bond donors (Lipinski definition) is 3. The average Bonchev–Trinajstić information content (AvgIpc) is 2.14. The highest BCUT2D eigenvalue weighted by atomic mass is 31.2. The molecule has 0 aliphatic carbocycles. The summed E-state index contributed by atoms with van der Waals surface area (Å²) in [6.45, 7) is 9.59. The van der Waals surface area contributed by atoms with Gasteiger partial charge in [0.05, 0.1) is 26.4 Å². The molecule has 0 aromatic rings. The normalized spacial score (nSPS) is 14.4. The summed E-state index contributed by atoms with van der Waals surface area (Å²) in [5, 5.41) is 10.6. The molecule has 0 saturated carbocycles. The second-order valence-corrected chi connectivity index (χ2v) is 31.0. The highest BCUT2D eigenvalue weighted by Gasteiger charge is 2.30. The van der Waals surface area contributed by atoms with Crippen LogP contribution in [0.15, 0.2) is 24.3 Å². The van der Waals surface area contributed by atoms with Crippen molar-refractivity contribution in [3.8, 4) is 0 Å². The Labute approximate surface area is 592 Å². The van der Waals surface area contributed by atoms with Crippen LogP contribution in [0.3, 0.4) is 0 Å². The van der Waals surface area contributed by atoms with Crippen LogP contribution in [-0.4, -0.2) is 96.7 Å². The molecule has 572 valence electrons. The van der Waals surface area contributed by atoms with E-state index in [1.54, 1.807) is 0 Å². The number of aliphatic hydroxyl groups is 1. The number of aliphatic hydroxyl groups excluding tert-OH is 1. The molecule has 0 aromatic carbocycles. The predicted octanol–water partition coefficient (Wildman–Crippen LogP) is 22.7. The molecule has 97 heavy (non-hydrogen) atoms. The number of allylic oxidation sites excluding steroid dienone is 4. The zero-order valence-corrected chi connectivity index (χ0v) is 64.7. The Bertz CT molecular complexity index is 1970. The lowest BCUT2D eigenvalue weighted by atomic mass is 9.99. The molecule has 0 aromatic heterocycles. The van der Waals surface area contributed by atoms with E-state index in [2.05, 4.69) is 65.8 Å². The first kappa shape index (κ1) is 94.5. The van der Waals surface area contributed by atoms with Crippen molar-refractivity contribution in [1.82, 2.24) is 0 Å². The number of phosphoric ester groups is 2. The van der Waals surface area contributed by atoms with E-state index < -0.39 is 97.5 Å². The molecule has 0 aliphatic heterocycles. The molecule has 6 atom stereocenters. The van der Waals surface area contributed by atoms with Crippen molar-refractivity contribution in [2.45, 2.75) is 400 Å². The first-order chi connectivity index (χ1) is 46.9. The van der Waals surface area contributed by atoms with Crippen LogP contribution in [0.1, 0.15) is 382 Å². The molecule has 0 rings (SSSR count). The van der Waals surface area contributed by atoms with Crippen LogP contribution >= 0.6 is 15.6 Å². The van der Waals surface area contributed by atoms with Gasteiger partial charge in [0.15, 0.2) is 12.2 Å². The minimum absolute atomic E-state index is 0.0849. The van der Waals surface area contributed by atoms with Crippen molar-refractivity contribution in [3.05, 3.63) is 24.3 Å². The van der Waals surface area contributed by atoms with E-state index in [1.807, 2.05) is 0 Å². The third-order valence-corrected chi connectivity index (χ3v) is 19.8. The molecular weight excluding hydrogens is 1270 g/mol. The Morgan fingerprint density at radius 2 is 0.608 bits per heavy atom. The van der Waals surface area contributed by atoms with Crippen LogP contribution in [0, 0.1) is 11.8 Å². The quantitative estimate of drug-likeness (QED) is 0.0169. The van der Waals surface area contributed by atoms with Crippen molar-refractivity contribution in [3.63, 3.8) is 0 Å². The molecule has 0 fully saturated rings. The molecule has 3 unspecified atom stereocenters. The van der Waals surface area contributed by atoms with Gasteiger partial charge in [0.2, 0.25) is 0 Å². The summed E-state index contributed by atoms with van der Waals surface area (Å²) >= 11 is 0. The molecule has 19 heteroatoms. The number of phosphoric acid groups is 2. The van der Waals surface area contributed by atoms with E-state index in [9.17, 15) is 43.2 Å². The van der Waals surface area contributed by atoms with Gasteiger partial charge in [-0.25, -0.2) is 9.13 Å². The standard InChI is InChI=1S/C78H148O17P2/c1-7-10-12-14-16-18-19-20-21-27-33-38-44-50-56-62-77(82)94-73(66-88-75(80)60-54-48-42-17-15-13-11-8-2)68-92-96(84,85)90-64-72(79)65-91-97(86,87)93-69-74(67-89-76(81)61-55-49-43-37-32-29-24-25-30-35-40-46-52-58-70(4)5)95-78(83)63-57-51-45-39-34-28-23-22-26-31-36-41-47-53-59-71(6)9-3/h18-21,70-74,79H,7-17,22-69H2,1-6H3,(H,84,85)(H,86,87)/b19-18-,21-20-/t71?,72-,73+,74+/m0/s1. The van der Waals surface area contributed by atoms with Gasteiger partial charge in [-0.1, -0.05) is 329 Å². The number of hydrogen-bond acceptors (Lipinski definition) is 15. The van der Waals surface area contributed by atoms with Crippen LogP contribution in [0.5, 0.6) is 0 Å². The minimum Gasteiger partial charge on any atom is -0.462 e. The number of carbonyl (C=O) groups excluding carboxylic acids is 4. The van der Waals surface area contributed by atoms with Gasteiger partial charge in [0.1, 0.15) is 19.3 Å². The number of esters is 4. The van der Waals surface area contributed by atoms with Crippen molar-refractivity contribution >= 4 is 39.5 Å². The van der Waals surface area contributed by atoms with Gasteiger partial charge in [-0.05, 0) is 63.2 Å². The van der Waals surface area contributed by atoms with Gasteiger partial charge in [-0.3, -0.25) is 37.3 Å². The number of ether oxygens (including phenoxy) is 4. The van der Waals surface area contributed by atoms with Crippen LogP contribution in [-0.2, 0) is 65.4 Å². The molecular formula is C78H148O17P2. The maximum absolute atomic E-state index is 13.1. The van der Waals surface area contributed by atoms with E-state index in [1.165, 1.54) is 180 Å². The third-order valence-electron chi connectivity index (χ3n) is 17.9. The van der Waals surface area contributed by atoms with Gasteiger partial charge in [-0.15, -0.1) is 0 Å². The SMILES string of the molecule is CCCCCC/C=C\C=C/CCCCCCCC(=O)O[C@H](COC(=O)CCCCCCCCCC)COP(=O)(O)OC[C@H](O)COP(=O)(O)OC[C@@H](COC(=O)CCCCCCCCCCCCCCCC(C)C)OC(=O)CCCCCCCCCCCCCCCCC(C)CC. The highest BCUT2D eigenvalue weighted by Crippen LogP contribution is 2.45. The fourth-order valence-electron chi connectivity index (χ4n) is 11.4. The summed E-state index contributed by atoms with van der Waals surface area (Å²) in [7, 11) is -9.92. The Kier molecular flexibility index (Phi) is 67.5. The fraction of sp³-hybridized carbons (Fsp3) is 0.897. The molecule has 0 saturated heterocycles. The third kappa shape index (κ3) is 70.4. The van der Waals surface area contributed by atoms with E-state index in [0.717, 1.165) is 121 Å². The zero-order valence-electron chi connectivity index (χ0n) is 62.9. The molecule has 3 N–H and O–H groups in total. The summed E-state index contributed by atoms with van der Waals surface area (Å²) in [4.78, 5) is 72.8. The second-order valence-electron chi connectivity index (χ2n) is 28.1. The van der Waals surface area contributed by atoms with Gasteiger partial charge in [0, 0.05) is 25.7 Å². The summed E-state index contributed by atoms with van der Waals surface area (Å²) < 4.78 is 68.5. The molecule has 0 spiro atoms. The second kappa shape index (κ2) is 69.3. The molecule has 0 radical (unpaired) electrons. The van der Waals surface area contributed by atoms with Gasteiger partial charge < -0.3 is 33.8 Å². The summed E-state index contributed by atoms with van der Waals surface area (Å²) in [6, 6.07) is 0. The van der Waals surface area contributed by atoms with Gasteiger partial charge in [-0.2, -0.15) is 0 Å². The Morgan fingerprint density at radius 1 is 0.340 bits per heavy atom. The van der Waals surface area contributed by atoms with Gasteiger partial charge >= 0.3 is 39.5 Å². The lowest BCUT2D eigenvalue weighted by molar-refractivity contribution is -0.161. The average molecular weight is 1420 g/mol. The van der Waals surface area contributed by atoms with Crippen molar-refractivity contribution in [2.24, 2.45) is 11.8 Å². The topological polar surface area (TPSA) is 237 Å². The summed E-state index contributed by atoms with van der Waals surface area (Å²) in [5.41, 5.74) is 0.